The summed E-state index contributed by atoms with van der Waals surface area (Å²) in [6.07, 6.45) is 2.40. The van der Waals surface area contributed by atoms with Crippen LogP contribution in [0.3, 0.4) is 0 Å². The Bertz CT molecular complexity index is 201. The molecule has 0 aromatic rings. The van der Waals surface area contributed by atoms with E-state index in [1.807, 2.05) is 6.08 Å². The van der Waals surface area contributed by atoms with Crippen LogP contribution in [0.25, 0.3) is 0 Å². The number of hydrogen-bond donors (Lipinski definition) is 1. The molecule has 2 rings (SSSR count). The van der Waals surface area contributed by atoms with Crippen molar-refractivity contribution in [1.29, 1.82) is 0 Å². The molecule has 0 aromatic heterocycles. The van der Waals surface area contributed by atoms with Crippen LogP contribution in [-0.4, -0.2) is 68.3 Å². The molecule has 0 aliphatic carbocycles. The number of hydrogen-bond acceptors (Lipinski definition) is 3. The standard InChI is InChI=1S/C11H21N4/c1-2-6-14-7-5-13-11(10-14)15-8-3-12-4-9-15/h2,11-12H,1,3-10H2. The van der Waals surface area contributed by atoms with Crippen molar-refractivity contribution in [3.63, 3.8) is 0 Å². The number of nitrogens with zero attached hydrogens (tertiary/aromatic N) is 3. The van der Waals surface area contributed by atoms with Crippen molar-refractivity contribution in [3.05, 3.63) is 12.7 Å². The van der Waals surface area contributed by atoms with Crippen molar-refractivity contribution >= 4 is 0 Å². The van der Waals surface area contributed by atoms with Crippen LogP contribution in [-0.2, 0) is 0 Å². The molecule has 0 spiro atoms. The van der Waals surface area contributed by atoms with Gasteiger partial charge in [0.1, 0.15) is 0 Å². The minimum atomic E-state index is 0.417. The second kappa shape index (κ2) is 5.61. The quantitative estimate of drug-likeness (QED) is 0.625. The maximum Gasteiger partial charge on any atom is 0.0891 e. The molecule has 15 heavy (non-hydrogen) atoms. The van der Waals surface area contributed by atoms with Crippen LogP contribution in [0.4, 0.5) is 0 Å². The molecule has 2 aliphatic heterocycles. The van der Waals surface area contributed by atoms with E-state index in [-0.39, 0.29) is 0 Å². The second-order valence-corrected chi connectivity index (χ2v) is 4.22. The van der Waals surface area contributed by atoms with Crippen molar-refractivity contribution in [3.8, 4) is 0 Å². The lowest BCUT2D eigenvalue weighted by molar-refractivity contribution is 0.0767. The first-order valence-corrected chi connectivity index (χ1v) is 5.85. The zero-order valence-corrected chi connectivity index (χ0v) is 9.36. The topological polar surface area (TPSA) is 32.6 Å². The summed E-state index contributed by atoms with van der Waals surface area (Å²) in [5.41, 5.74) is 0. The monoisotopic (exact) mass is 209 g/mol. The highest BCUT2D eigenvalue weighted by Crippen LogP contribution is 2.06. The smallest absolute Gasteiger partial charge is 0.0891 e. The predicted molar refractivity (Wildman–Crippen MR) is 61.9 cm³/mol. The van der Waals surface area contributed by atoms with Gasteiger partial charge >= 0.3 is 0 Å². The molecule has 4 nitrogen and oxygen atoms in total. The van der Waals surface area contributed by atoms with Crippen LogP contribution in [0.5, 0.6) is 0 Å². The molecule has 0 amide bonds. The van der Waals surface area contributed by atoms with Crippen LogP contribution >= 0.6 is 0 Å². The Labute approximate surface area is 92.3 Å². The Morgan fingerprint density at radius 3 is 2.87 bits per heavy atom. The van der Waals surface area contributed by atoms with E-state index in [1.165, 1.54) is 0 Å². The Morgan fingerprint density at radius 2 is 2.13 bits per heavy atom. The van der Waals surface area contributed by atoms with E-state index in [0.29, 0.717) is 6.17 Å². The minimum Gasteiger partial charge on any atom is -0.314 e. The van der Waals surface area contributed by atoms with Crippen molar-refractivity contribution in [2.24, 2.45) is 0 Å². The molecule has 1 atom stereocenters. The maximum atomic E-state index is 4.71. The van der Waals surface area contributed by atoms with Gasteiger partial charge in [0.05, 0.1) is 6.17 Å². The van der Waals surface area contributed by atoms with Crippen LogP contribution < -0.4 is 10.6 Å². The highest BCUT2D eigenvalue weighted by molar-refractivity contribution is 4.84. The fraction of sp³-hybridized carbons (Fsp3) is 0.818. The molecule has 0 bridgehead atoms. The van der Waals surface area contributed by atoms with E-state index in [9.17, 15) is 0 Å². The predicted octanol–water partition coefficient (Wildman–Crippen LogP) is -0.676. The van der Waals surface area contributed by atoms with Gasteiger partial charge < -0.3 is 5.32 Å². The van der Waals surface area contributed by atoms with Gasteiger partial charge in [-0.2, -0.15) is 0 Å². The zero-order valence-electron chi connectivity index (χ0n) is 9.36. The molecule has 2 aliphatic rings. The van der Waals surface area contributed by atoms with Gasteiger partial charge in [-0.1, -0.05) is 6.08 Å². The van der Waals surface area contributed by atoms with Crippen molar-refractivity contribution in [2.75, 3.05) is 52.4 Å². The molecule has 2 heterocycles. The largest absolute Gasteiger partial charge is 0.314 e. The first-order chi connectivity index (χ1) is 7.40. The fourth-order valence-corrected chi connectivity index (χ4v) is 2.29. The highest BCUT2D eigenvalue weighted by atomic mass is 15.4. The average molecular weight is 209 g/mol. The SMILES string of the molecule is C=CCN1CC[N]C(N2CCNCC2)C1. The van der Waals surface area contributed by atoms with Gasteiger partial charge in [0.15, 0.2) is 0 Å². The third-order valence-electron chi connectivity index (χ3n) is 3.14. The molecule has 4 heteroatoms. The van der Waals surface area contributed by atoms with Crippen LogP contribution in [0.2, 0.25) is 0 Å². The van der Waals surface area contributed by atoms with Crippen LogP contribution in [0, 0.1) is 0 Å². The maximum absolute atomic E-state index is 4.71. The highest BCUT2D eigenvalue weighted by Gasteiger charge is 2.25. The minimum absolute atomic E-state index is 0.417. The second-order valence-electron chi connectivity index (χ2n) is 4.22. The molecular weight excluding hydrogens is 188 g/mol. The van der Waals surface area contributed by atoms with Gasteiger partial charge in [-0.05, 0) is 0 Å². The summed E-state index contributed by atoms with van der Waals surface area (Å²) >= 11 is 0. The summed E-state index contributed by atoms with van der Waals surface area (Å²) in [6, 6.07) is 0. The summed E-state index contributed by atoms with van der Waals surface area (Å²) < 4.78 is 0. The third kappa shape index (κ3) is 3.01. The van der Waals surface area contributed by atoms with Gasteiger partial charge in [-0.15, -0.1) is 6.58 Å². The summed E-state index contributed by atoms with van der Waals surface area (Å²) in [5, 5.41) is 8.08. The summed E-state index contributed by atoms with van der Waals surface area (Å²) in [5.74, 6) is 0. The van der Waals surface area contributed by atoms with Crippen LogP contribution in [0.15, 0.2) is 12.7 Å². The number of piperazine rings is 2. The fourth-order valence-electron chi connectivity index (χ4n) is 2.29. The lowest BCUT2D eigenvalue weighted by Crippen LogP contribution is -2.59. The molecule has 1 radical (unpaired) electrons. The zero-order chi connectivity index (χ0) is 10.5. The molecule has 0 aromatic carbocycles. The van der Waals surface area contributed by atoms with Crippen LogP contribution in [0.1, 0.15) is 0 Å². The Balaban J connectivity index is 1.82. The normalized spacial score (nSPS) is 30.3. The molecular formula is C11H21N4. The molecule has 0 saturated carbocycles. The summed E-state index contributed by atoms with van der Waals surface area (Å²) in [7, 11) is 0. The van der Waals surface area contributed by atoms with E-state index in [2.05, 4.69) is 21.7 Å². The molecule has 2 fully saturated rings. The number of nitrogens with one attached hydrogen (secondary N) is 1. The Hall–Kier alpha value is -0.420. The van der Waals surface area contributed by atoms with E-state index in [0.717, 1.165) is 52.4 Å². The van der Waals surface area contributed by atoms with Gasteiger partial charge in [-0.25, -0.2) is 5.32 Å². The molecule has 2 saturated heterocycles. The van der Waals surface area contributed by atoms with E-state index < -0.39 is 0 Å². The lowest BCUT2D eigenvalue weighted by Gasteiger charge is -2.40. The third-order valence-corrected chi connectivity index (χ3v) is 3.14. The first-order valence-electron chi connectivity index (χ1n) is 5.85. The van der Waals surface area contributed by atoms with E-state index in [4.69, 9.17) is 5.32 Å². The van der Waals surface area contributed by atoms with Gasteiger partial charge in [0.25, 0.3) is 0 Å². The Morgan fingerprint density at radius 1 is 1.33 bits per heavy atom. The van der Waals surface area contributed by atoms with E-state index in [1.54, 1.807) is 0 Å². The van der Waals surface area contributed by atoms with Crippen molar-refractivity contribution in [1.82, 2.24) is 20.4 Å². The van der Waals surface area contributed by atoms with Gasteiger partial charge in [0, 0.05) is 52.4 Å². The Kier molecular flexibility index (Phi) is 4.14. The number of rotatable bonds is 3. The van der Waals surface area contributed by atoms with Gasteiger partial charge in [-0.3, -0.25) is 9.80 Å². The first kappa shape index (κ1) is 11.1. The van der Waals surface area contributed by atoms with Crippen molar-refractivity contribution < 1.29 is 0 Å². The molecule has 1 unspecified atom stereocenters. The summed E-state index contributed by atoms with van der Waals surface area (Å²) in [6.45, 7) is 12.4. The van der Waals surface area contributed by atoms with Crippen molar-refractivity contribution in [2.45, 2.75) is 6.17 Å². The molecule has 85 valence electrons. The van der Waals surface area contributed by atoms with E-state index >= 15 is 0 Å². The average Bonchev–Trinajstić information content (AvgIpc) is 2.31. The molecule has 1 N–H and O–H groups in total. The lowest BCUT2D eigenvalue weighted by atomic mass is 10.2. The van der Waals surface area contributed by atoms with Gasteiger partial charge in [0.2, 0.25) is 0 Å². The summed E-state index contributed by atoms with van der Waals surface area (Å²) in [4.78, 5) is 4.93.